The number of aliphatic hydroxyl groups is 1. The lowest BCUT2D eigenvalue weighted by Gasteiger charge is -2.31. The Hall–Kier alpha value is -2.55. The Balaban J connectivity index is 1.83. The zero-order chi connectivity index (χ0) is 21.2. The molecule has 1 aliphatic heterocycles. The van der Waals surface area contributed by atoms with Crippen LogP contribution in [0.4, 0.5) is 24.9 Å². The molecule has 0 bridgehead atoms. The highest BCUT2D eigenvalue weighted by atomic mass is 19.4. The summed E-state index contributed by atoms with van der Waals surface area (Å²) in [6.07, 6.45) is -4.11. The van der Waals surface area contributed by atoms with Crippen molar-refractivity contribution in [1.82, 2.24) is 9.97 Å². The molecule has 6 nitrogen and oxygen atoms in total. The van der Waals surface area contributed by atoms with Crippen LogP contribution in [0.25, 0.3) is 0 Å². The lowest BCUT2D eigenvalue weighted by atomic mass is 9.99. The number of ether oxygens (including phenoxy) is 1. The highest BCUT2D eigenvalue weighted by Gasteiger charge is 2.31. The van der Waals surface area contributed by atoms with Gasteiger partial charge in [-0.05, 0) is 42.5 Å². The lowest BCUT2D eigenvalue weighted by molar-refractivity contribution is -0.274. The van der Waals surface area contributed by atoms with Gasteiger partial charge in [-0.3, -0.25) is 0 Å². The van der Waals surface area contributed by atoms with Gasteiger partial charge in [0.25, 0.3) is 0 Å². The number of alkyl halides is 3. The maximum absolute atomic E-state index is 12.4. The monoisotopic (exact) mass is 410 g/mol. The summed E-state index contributed by atoms with van der Waals surface area (Å²) in [6.45, 7) is 7.03. The van der Waals surface area contributed by atoms with Gasteiger partial charge in [0.1, 0.15) is 11.6 Å². The second-order valence-corrected chi connectivity index (χ2v) is 7.51. The Kier molecular flexibility index (Phi) is 6.16. The molecule has 1 aromatic heterocycles. The molecule has 2 aromatic rings. The van der Waals surface area contributed by atoms with Crippen LogP contribution in [0.3, 0.4) is 0 Å². The number of benzene rings is 1. The first-order valence-corrected chi connectivity index (χ1v) is 9.53. The van der Waals surface area contributed by atoms with E-state index in [4.69, 9.17) is 0 Å². The first kappa shape index (κ1) is 21.2. The van der Waals surface area contributed by atoms with Crippen LogP contribution in [-0.4, -0.2) is 40.6 Å². The largest absolute Gasteiger partial charge is 0.573 e. The van der Waals surface area contributed by atoms with Gasteiger partial charge in [-0.2, -0.15) is 4.98 Å². The van der Waals surface area contributed by atoms with E-state index in [0.29, 0.717) is 25.5 Å². The standard InChI is InChI=1S/C20H25F3N4O2/c1-12(2)17-9-18(26-19(25-17)24-13(3)11-28)27-7-6-14-8-16(29-20(21,22)23)5-4-15(14)10-27/h4-5,8-9,12-13,28H,6-7,10-11H2,1-3H3,(H,24,25,26)/t13-/m0/s1. The number of halogens is 3. The van der Waals surface area contributed by atoms with E-state index in [9.17, 15) is 18.3 Å². The molecule has 0 aliphatic carbocycles. The van der Waals surface area contributed by atoms with Crippen molar-refractivity contribution in [3.63, 3.8) is 0 Å². The van der Waals surface area contributed by atoms with Gasteiger partial charge in [-0.15, -0.1) is 13.2 Å². The molecular formula is C20H25F3N4O2. The zero-order valence-corrected chi connectivity index (χ0v) is 16.6. The number of rotatable bonds is 6. The summed E-state index contributed by atoms with van der Waals surface area (Å²) in [5.74, 6) is 1.20. The molecule has 2 heterocycles. The molecule has 1 atom stereocenters. The minimum Gasteiger partial charge on any atom is -0.406 e. The Morgan fingerprint density at radius 3 is 2.59 bits per heavy atom. The zero-order valence-electron chi connectivity index (χ0n) is 16.6. The second kappa shape index (κ2) is 8.44. The average Bonchev–Trinajstić information content (AvgIpc) is 2.65. The summed E-state index contributed by atoms with van der Waals surface area (Å²) in [5, 5.41) is 12.4. The van der Waals surface area contributed by atoms with Crippen molar-refractivity contribution in [2.75, 3.05) is 23.4 Å². The van der Waals surface area contributed by atoms with Crippen molar-refractivity contribution in [3.8, 4) is 5.75 Å². The maximum atomic E-state index is 12.4. The Morgan fingerprint density at radius 2 is 1.93 bits per heavy atom. The van der Waals surface area contributed by atoms with E-state index in [1.807, 2.05) is 26.8 Å². The molecule has 0 amide bonds. The summed E-state index contributed by atoms with van der Waals surface area (Å²) >= 11 is 0. The van der Waals surface area contributed by atoms with Gasteiger partial charge >= 0.3 is 6.36 Å². The Labute approximate surface area is 167 Å². The lowest BCUT2D eigenvalue weighted by Crippen LogP contribution is -2.32. The summed E-state index contributed by atoms with van der Waals surface area (Å²) in [4.78, 5) is 11.2. The number of anilines is 2. The molecule has 0 saturated heterocycles. The van der Waals surface area contributed by atoms with Crippen LogP contribution in [0, 0.1) is 0 Å². The van der Waals surface area contributed by atoms with Crippen molar-refractivity contribution in [1.29, 1.82) is 0 Å². The van der Waals surface area contributed by atoms with Gasteiger partial charge in [0, 0.05) is 25.2 Å². The fraction of sp³-hybridized carbons (Fsp3) is 0.500. The van der Waals surface area contributed by atoms with Gasteiger partial charge < -0.3 is 20.1 Å². The number of hydrogen-bond acceptors (Lipinski definition) is 6. The molecule has 0 spiro atoms. The van der Waals surface area contributed by atoms with E-state index >= 15 is 0 Å². The Morgan fingerprint density at radius 1 is 1.17 bits per heavy atom. The van der Waals surface area contributed by atoms with E-state index in [-0.39, 0.29) is 24.3 Å². The third-order valence-corrected chi connectivity index (χ3v) is 4.72. The van der Waals surface area contributed by atoms with Crippen LogP contribution in [0.2, 0.25) is 0 Å². The third kappa shape index (κ3) is 5.50. The van der Waals surface area contributed by atoms with E-state index in [1.54, 1.807) is 6.07 Å². The van der Waals surface area contributed by atoms with Crippen molar-refractivity contribution in [2.24, 2.45) is 0 Å². The van der Waals surface area contributed by atoms with Crippen molar-refractivity contribution in [3.05, 3.63) is 41.1 Å². The van der Waals surface area contributed by atoms with Gasteiger partial charge in [-0.1, -0.05) is 19.9 Å². The van der Waals surface area contributed by atoms with Crippen molar-refractivity contribution < 1.29 is 23.0 Å². The molecule has 3 rings (SSSR count). The average molecular weight is 410 g/mol. The molecular weight excluding hydrogens is 385 g/mol. The highest BCUT2D eigenvalue weighted by Crippen LogP contribution is 2.30. The number of aliphatic hydroxyl groups excluding tert-OH is 1. The van der Waals surface area contributed by atoms with Crippen LogP contribution in [0.15, 0.2) is 24.3 Å². The number of nitrogens with one attached hydrogen (secondary N) is 1. The molecule has 158 valence electrons. The van der Waals surface area contributed by atoms with Gasteiger partial charge in [-0.25, -0.2) is 4.98 Å². The predicted molar refractivity (Wildman–Crippen MR) is 104 cm³/mol. The van der Waals surface area contributed by atoms with E-state index in [0.717, 1.165) is 22.6 Å². The fourth-order valence-corrected chi connectivity index (χ4v) is 3.16. The number of fused-ring (bicyclic) bond motifs is 1. The molecule has 1 aromatic carbocycles. The summed E-state index contributed by atoms with van der Waals surface area (Å²) in [6, 6.07) is 6.21. The van der Waals surface area contributed by atoms with Crippen LogP contribution < -0.4 is 15.0 Å². The minimum absolute atomic E-state index is 0.0377. The summed E-state index contributed by atoms with van der Waals surface area (Å²) in [5.41, 5.74) is 2.66. The summed E-state index contributed by atoms with van der Waals surface area (Å²) in [7, 11) is 0. The third-order valence-electron chi connectivity index (χ3n) is 4.72. The smallest absolute Gasteiger partial charge is 0.406 e. The summed E-state index contributed by atoms with van der Waals surface area (Å²) < 4.78 is 41.4. The van der Waals surface area contributed by atoms with E-state index < -0.39 is 6.36 Å². The van der Waals surface area contributed by atoms with Crippen LogP contribution in [0.1, 0.15) is 43.5 Å². The normalized spacial score (nSPS) is 15.2. The minimum atomic E-state index is -4.70. The molecule has 0 radical (unpaired) electrons. The fourth-order valence-electron chi connectivity index (χ4n) is 3.16. The van der Waals surface area contributed by atoms with E-state index in [2.05, 4.69) is 24.9 Å². The molecule has 1 aliphatic rings. The molecule has 2 N–H and O–H groups in total. The quantitative estimate of drug-likeness (QED) is 0.754. The number of nitrogens with zero attached hydrogens (tertiary/aromatic N) is 3. The molecule has 0 fully saturated rings. The SMILES string of the molecule is CC(C)c1cc(N2CCc3cc(OC(F)(F)F)ccc3C2)nc(N[C@@H](C)CO)n1. The van der Waals surface area contributed by atoms with Crippen LogP contribution >= 0.6 is 0 Å². The number of hydrogen-bond donors (Lipinski definition) is 2. The topological polar surface area (TPSA) is 70.5 Å². The van der Waals surface area contributed by atoms with Crippen LogP contribution in [0.5, 0.6) is 5.75 Å². The maximum Gasteiger partial charge on any atom is 0.573 e. The second-order valence-electron chi connectivity index (χ2n) is 7.51. The first-order chi connectivity index (χ1) is 13.6. The Bertz CT molecular complexity index is 858. The highest BCUT2D eigenvalue weighted by molar-refractivity contribution is 5.50. The first-order valence-electron chi connectivity index (χ1n) is 9.53. The van der Waals surface area contributed by atoms with Crippen LogP contribution in [-0.2, 0) is 13.0 Å². The molecule has 29 heavy (non-hydrogen) atoms. The molecule has 0 saturated carbocycles. The molecule has 0 unspecified atom stereocenters. The van der Waals surface area contributed by atoms with Crippen molar-refractivity contribution in [2.45, 2.75) is 52.1 Å². The van der Waals surface area contributed by atoms with E-state index in [1.165, 1.54) is 12.1 Å². The number of aromatic nitrogens is 2. The van der Waals surface area contributed by atoms with Gasteiger partial charge in [0.05, 0.1) is 12.3 Å². The van der Waals surface area contributed by atoms with Gasteiger partial charge in [0.2, 0.25) is 5.95 Å². The predicted octanol–water partition coefficient (Wildman–Crippen LogP) is 3.85. The molecule has 9 heteroatoms. The van der Waals surface area contributed by atoms with Gasteiger partial charge in [0.15, 0.2) is 0 Å². The van der Waals surface area contributed by atoms with Crippen molar-refractivity contribution >= 4 is 11.8 Å².